The fourth-order valence-electron chi connectivity index (χ4n) is 2.46. The van der Waals surface area contributed by atoms with Crippen molar-refractivity contribution in [3.05, 3.63) is 46.8 Å². The summed E-state index contributed by atoms with van der Waals surface area (Å²) in [5, 5.41) is 3.49. The summed E-state index contributed by atoms with van der Waals surface area (Å²) in [7, 11) is 0. The molecule has 1 aromatic heterocycles. The van der Waals surface area contributed by atoms with Crippen LogP contribution in [0.15, 0.2) is 41.0 Å². The minimum Gasteiger partial charge on any atom is -0.314 e. The van der Waals surface area contributed by atoms with E-state index in [1.54, 1.807) is 0 Å². The van der Waals surface area contributed by atoms with Gasteiger partial charge in [-0.05, 0) is 37.6 Å². The molecule has 0 aliphatic carbocycles. The first kappa shape index (κ1) is 12.8. The number of benzene rings is 1. The normalized spacial score (nSPS) is 18.7. The van der Waals surface area contributed by atoms with Crippen molar-refractivity contribution >= 4 is 15.9 Å². The summed E-state index contributed by atoms with van der Waals surface area (Å²) in [6.07, 6.45) is 5.26. The third kappa shape index (κ3) is 3.19. The predicted octanol–water partition coefficient (Wildman–Crippen LogP) is 3.20. The van der Waals surface area contributed by atoms with Crippen molar-refractivity contribution in [3.8, 4) is 11.3 Å². The van der Waals surface area contributed by atoms with Crippen LogP contribution in [-0.4, -0.2) is 22.6 Å². The van der Waals surface area contributed by atoms with Crippen LogP contribution in [0.2, 0.25) is 0 Å². The number of halogens is 1. The van der Waals surface area contributed by atoms with Crippen LogP contribution in [-0.2, 0) is 6.42 Å². The Morgan fingerprint density at radius 1 is 1.32 bits per heavy atom. The van der Waals surface area contributed by atoms with Gasteiger partial charge < -0.3 is 5.32 Å². The van der Waals surface area contributed by atoms with Crippen molar-refractivity contribution in [1.82, 2.24) is 15.3 Å². The Kier molecular flexibility index (Phi) is 3.89. The lowest BCUT2D eigenvalue weighted by molar-refractivity contribution is 0.585. The monoisotopic (exact) mass is 317 g/mol. The molecule has 1 saturated heterocycles. The highest BCUT2D eigenvalue weighted by molar-refractivity contribution is 9.10. The first-order valence-electron chi connectivity index (χ1n) is 6.62. The summed E-state index contributed by atoms with van der Waals surface area (Å²) < 4.78 is 1.07. The summed E-state index contributed by atoms with van der Waals surface area (Å²) in [4.78, 5) is 9.06. The second-order valence-electron chi connectivity index (χ2n) is 4.87. The minimum atomic E-state index is 0.540. The molecule has 2 heterocycles. The molecule has 0 saturated carbocycles. The van der Waals surface area contributed by atoms with E-state index in [4.69, 9.17) is 0 Å². The molecule has 1 unspecified atom stereocenters. The number of hydrogen-bond donors (Lipinski definition) is 1. The van der Waals surface area contributed by atoms with Crippen molar-refractivity contribution in [2.75, 3.05) is 6.54 Å². The molecule has 3 nitrogen and oxygen atoms in total. The zero-order valence-corrected chi connectivity index (χ0v) is 12.2. The van der Waals surface area contributed by atoms with E-state index in [0.717, 1.165) is 34.5 Å². The summed E-state index contributed by atoms with van der Waals surface area (Å²) in [6, 6.07) is 10.7. The average Bonchev–Trinajstić information content (AvgIpc) is 2.92. The fraction of sp³-hybridized carbons (Fsp3) is 0.333. The Labute approximate surface area is 121 Å². The molecular formula is C15H16BrN3. The molecule has 1 atom stereocenters. The van der Waals surface area contributed by atoms with Gasteiger partial charge in [0, 0.05) is 28.7 Å². The Balaban J connectivity index is 1.82. The second-order valence-corrected chi connectivity index (χ2v) is 5.78. The predicted molar refractivity (Wildman–Crippen MR) is 79.9 cm³/mol. The third-order valence-electron chi connectivity index (χ3n) is 3.42. The molecule has 98 valence electrons. The van der Waals surface area contributed by atoms with Crippen LogP contribution in [0.3, 0.4) is 0 Å². The van der Waals surface area contributed by atoms with Crippen molar-refractivity contribution in [2.45, 2.75) is 25.3 Å². The third-order valence-corrected chi connectivity index (χ3v) is 3.91. The first-order chi connectivity index (χ1) is 9.31. The lowest BCUT2D eigenvalue weighted by Crippen LogP contribution is -2.24. The minimum absolute atomic E-state index is 0.540. The van der Waals surface area contributed by atoms with Crippen molar-refractivity contribution in [1.29, 1.82) is 0 Å². The number of rotatable bonds is 3. The van der Waals surface area contributed by atoms with Crippen LogP contribution >= 0.6 is 15.9 Å². The molecule has 1 N–H and O–H groups in total. The summed E-state index contributed by atoms with van der Waals surface area (Å²) in [5.74, 6) is 0.928. The second kappa shape index (κ2) is 5.80. The molecule has 4 heteroatoms. The van der Waals surface area contributed by atoms with Gasteiger partial charge >= 0.3 is 0 Å². The van der Waals surface area contributed by atoms with Crippen LogP contribution in [0.25, 0.3) is 11.3 Å². The molecule has 1 aliphatic heterocycles. The van der Waals surface area contributed by atoms with E-state index in [1.807, 2.05) is 24.4 Å². The maximum absolute atomic E-state index is 4.68. The standard InChI is InChI=1S/C15H16BrN3/c16-12-4-1-3-11(9-12)14-6-8-18-15(19-14)10-13-5-2-7-17-13/h1,3-4,6,8-9,13,17H,2,5,7,10H2. The Morgan fingerprint density at radius 3 is 3.05 bits per heavy atom. The summed E-state index contributed by atoms with van der Waals surface area (Å²) in [6.45, 7) is 1.12. The van der Waals surface area contributed by atoms with Gasteiger partial charge in [-0.3, -0.25) is 0 Å². The molecule has 3 rings (SSSR count). The van der Waals surface area contributed by atoms with Crippen LogP contribution in [0.1, 0.15) is 18.7 Å². The van der Waals surface area contributed by atoms with Crippen LogP contribution in [0.5, 0.6) is 0 Å². The van der Waals surface area contributed by atoms with Crippen molar-refractivity contribution in [3.63, 3.8) is 0 Å². The molecule has 1 fully saturated rings. The van der Waals surface area contributed by atoms with E-state index in [-0.39, 0.29) is 0 Å². The van der Waals surface area contributed by atoms with Crippen LogP contribution in [0.4, 0.5) is 0 Å². The van der Waals surface area contributed by atoms with E-state index in [9.17, 15) is 0 Å². The average molecular weight is 318 g/mol. The SMILES string of the molecule is Brc1cccc(-c2ccnc(CC3CCCN3)n2)c1. The lowest BCUT2D eigenvalue weighted by atomic mass is 10.1. The topological polar surface area (TPSA) is 37.8 Å². The Morgan fingerprint density at radius 2 is 2.26 bits per heavy atom. The molecule has 0 bridgehead atoms. The Hall–Kier alpha value is -1.26. The number of nitrogens with zero attached hydrogens (tertiary/aromatic N) is 2. The molecule has 0 amide bonds. The molecule has 1 aliphatic rings. The van der Waals surface area contributed by atoms with Gasteiger partial charge in [0.2, 0.25) is 0 Å². The van der Waals surface area contributed by atoms with Gasteiger partial charge in [-0.25, -0.2) is 9.97 Å². The largest absolute Gasteiger partial charge is 0.314 e. The zero-order valence-electron chi connectivity index (χ0n) is 10.6. The van der Waals surface area contributed by atoms with Gasteiger partial charge in [0.1, 0.15) is 5.82 Å². The summed E-state index contributed by atoms with van der Waals surface area (Å²) >= 11 is 3.50. The highest BCUT2D eigenvalue weighted by atomic mass is 79.9. The summed E-state index contributed by atoms with van der Waals surface area (Å²) in [5.41, 5.74) is 2.11. The quantitative estimate of drug-likeness (QED) is 0.944. The molecule has 0 radical (unpaired) electrons. The van der Waals surface area contributed by atoms with E-state index in [2.05, 4.69) is 43.3 Å². The van der Waals surface area contributed by atoms with E-state index >= 15 is 0 Å². The molecule has 2 aromatic rings. The fourth-order valence-corrected chi connectivity index (χ4v) is 2.86. The van der Waals surface area contributed by atoms with E-state index < -0.39 is 0 Å². The zero-order chi connectivity index (χ0) is 13.1. The maximum Gasteiger partial charge on any atom is 0.130 e. The molecule has 19 heavy (non-hydrogen) atoms. The smallest absolute Gasteiger partial charge is 0.130 e. The van der Waals surface area contributed by atoms with Gasteiger partial charge in [0.25, 0.3) is 0 Å². The number of nitrogens with one attached hydrogen (secondary N) is 1. The maximum atomic E-state index is 4.68. The van der Waals surface area contributed by atoms with E-state index in [0.29, 0.717) is 6.04 Å². The number of aromatic nitrogens is 2. The van der Waals surface area contributed by atoms with Gasteiger partial charge in [0.05, 0.1) is 5.69 Å². The van der Waals surface area contributed by atoms with Gasteiger partial charge in [-0.2, -0.15) is 0 Å². The van der Waals surface area contributed by atoms with Crippen molar-refractivity contribution in [2.24, 2.45) is 0 Å². The van der Waals surface area contributed by atoms with Crippen LogP contribution in [0, 0.1) is 0 Å². The lowest BCUT2D eigenvalue weighted by Gasteiger charge is -2.09. The van der Waals surface area contributed by atoms with E-state index in [1.165, 1.54) is 12.8 Å². The highest BCUT2D eigenvalue weighted by Crippen LogP contribution is 2.21. The molecule has 0 spiro atoms. The highest BCUT2D eigenvalue weighted by Gasteiger charge is 2.16. The molecule has 1 aromatic carbocycles. The number of hydrogen-bond acceptors (Lipinski definition) is 3. The van der Waals surface area contributed by atoms with Gasteiger partial charge in [0.15, 0.2) is 0 Å². The Bertz CT molecular complexity index is 565. The van der Waals surface area contributed by atoms with Gasteiger partial charge in [-0.1, -0.05) is 28.1 Å². The van der Waals surface area contributed by atoms with Crippen molar-refractivity contribution < 1.29 is 0 Å². The first-order valence-corrected chi connectivity index (χ1v) is 7.42. The van der Waals surface area contributed by atoms with Crippen LogP contribution < -0.4 is 5.32 Å². The van der Waals surface area contributed by atoms with Gasteiger partial charge in [-0.15, -0.1) is 0 Å². The molecular weight excluding hydrogens is 302 g/mol.